The van der Waals surface area contributed by atoms with Crippen molar-refractivity contribution in [2.75, 3.05) is 0 Å². The minimum Gasteiger partial charge on any atom is -0.264 e. The molecule has 0 unspecified atom stereocenters. The molecule has 8 aromatic rings. The lowest BCUT2D eigenvalue weighted by Crippen LogP contribution is -2.15. The number of hydrogen-bond donors (Lipinski definition) is 0. The average Bonchev–Trinajstić information content (AvgIpc) is 3.44. The number of hydrogen-bond acceptors (Lipinski definition) is 4. The van der Waals surface area contributed by atoms with Gasteiger partial charge in [0.1, 0.15) is 0 Å². The van der Waals surface area contributed by atoms with Crippen LogP contribution in [0.4, 0.5) is 0 Å². The van der Waals surface area contributed by atoms with Crippen molar-refractivity contribution in [1.82, 2.24) is 15.0 Å². The van der Waals surface area contributed by atoms with Crippen molar-refractivity contribution in [3.05, 3.63) is 186 Å². The Bertz CT molecular complexity index is 2710. The van der Waals surface area contributed by atoms with Gasteiger partial charge in [0.05, 0.1) is 11.4 Å². The van der Waals surface area contributed by atoms with Gasteiger partial charge < -0.3 is 0 Å². The Labute approximate surface area is 320 Å². The zero-order valence-electron chi connectivity index (χ0n) is 30.0. The molecule has 4 heteroatoms. The van der Waals surface area contributed by atoms with E-state index in [1.165, 1.54) is 54.3 Å². The summed E-state index contributed by atoms with van der Waals surface area (Å²) in [5.41, 5.74) is 17.1. The predicted molar refractivity (Wildman–Crippen MR) is 224 cm³/mol. The van der Waals surface area contributed by atoms with Crippen LogP contribution in [0, 0.1) is 0 Å². The van der Waals surface area contributed by atoms with Gasteiger partial charge in [-0.25, -0.2) is 9.97 Å². The SMILES string of the molecule is CC1(C)c2ccccc2-c2cc3c(cc21)Sc1ccccc1-c1ccccc1/C=C\c1ccc(-c2cc(-c4ccccc4)nc(-c4cccnc4)n2)cc1-3. The van der Waals surface area contributed by atoms with Crippen molar-refractivity contribution in [3.8, 4) is 67.3 Å². The van der Waals surface area contributed by atoms with Gasteiger partial charge in [0.2, 0.25) is 0 Å². The van der Waals surface area contributed by atoms with Gasteiger partial charge in [0.25, 0.3) is 0 Å². The fourth-order valence-electron chi connectivity index (χ4n) is 8.06. The van der Waals surface area contributed by atoms with E-state index in [9.17, 15) is 0 Å². The van der Waals surface area contributed by atoms with Crippen LogP contribution in [0.25, 0.3) is 79.4 Å². The first kappa shape index (κ1) is 32.3. The quantitative estimate of drug-likeness (QED) is 0.183. The summed E-state index contributed by atoms with van der Waals surface area (Å²) in [6.45, 7) is 4.72. The maximum atomic E-state index is 5.19. The second kappa shape index (κ2) is 12.9. The molecule has 3 nitrogen and oxygen atoms in total. The van der Waals surface area contributed by atoms with E-state index < -0.39 is 0 Å². The molecule has 2 aromatic heterocycles. The van der Waals surface area contributed by atoms with Gasteiger partial charge in [-0.05, 0) is 98.1 Å². The molecule has 0 radical (unpaired) electrons. The van der Waals surface area contributed by atoms with Crippen molar-refractivity contribution in [2.24, 2.45) is 0 Å². The van der Waals surface area contributed by atoms with Crippen LogP contribution in [0.5, 0.6) is 0 Å². The topological polar surface area (TPSA) is 38.7 Å². The number of pyridine rings is 1. The van der Waals surface area contributed by atoms with Gasteiger partial charge in [-0.3, -0.25) is 4.98 Å². The Balaban J connectivity index is 1.24. The molecule has 1 aliphatic carbocycles. The zero-order chi connectivity index (χ0) is 36.2. The molecule has 0 saturated carbocycles. The maximum absolute atomic E-state index is 5.19. The first-order chi connectivity index (χ1) is 26.5. The third kappa shape index (κ3) is 5.50. The van der Waals surface area contributed by atoms with E-state index in [-0.39, 0.29) is 5.41 Å². The van der Waals surface area contributed by atoms with Crippen molar-refractivity contribution < 1.29 is 0 Å². The van der Waals surface area contributed by atoms with Crippen molar-refractivity contribution in [2.45, 2.75) is 29.1 Å². The number of rotatable bonds is 3. The molecule has 0 fully saturated rings. The summed E-state index contributed by atoms with van der Waals surface area (Å²) in [6.07, 6.45) is 8.16. The van der Waals surface area contributed by atoms with Crippen LogP contribution in [0.1, 0.15) is 36.1 Å². The Morgan fingerprint density at radius 2 is 1.13 bits per heavy atom. The van der Waals surface area contributed by atoms with Crippen LogP contribution in [-0.4, -0.2) is 15.0 Å². The molecule has 54 heavy (non-hydrogen) atoms. The molecular weight excluding hydrogens is 675 g/mol. The van der Waals surface area contributed by atoms with Crippen molar-refractivity contribution in [3.63, 3.8) is 0 Å². The molecule has 10 rings (SSSR count). The van der Waals surface area contributed by atoms with E-state index in [4.69, 9.17) is 9.97 Å². The smallest absolute Gasteiger partial charge is 0.161 e. The van der Waals surface area contributed by atoms with Crippen LogP contribution in [0.3, 0.4) is 0 Å². The van der Waals surface area contributed by atoms with Gasteiger partial charge in [-0.2, -0.15) is 0 Å². The molecule has 0 saturated heterocycles. The van der Waals surface area contributed by atoms with Gasteiger partial charge in [0.15, 0.2) is 5.82 Å². The highest BCUT2D eigenvalue weighted by atomic mass is 32.2. The summed E-state index contributed by atoms with van der Waals surface area (Å²) < 4.78 is 0. The van der Waals surface area contributed by atoms with Crippen LogP contribution < -0.4 is 0 Å². The summed E-state index contributed by atoms with van der Waals surface area (Å²) >= 11 is 1.86. The predicted octanol–water partition coefficient (Wildman–Crippen LogP) is 13.1. The van der Waals surface area contributed by atoms with Gasteiger partial charge in [-0.15, -0.1) is 0 Å². The first-order valence-electron chi connectivity index (χ1n) is 18.3. The van der Waals surface area contributed by atoms with Crippen LogP contribution in [0.2, 0.25) is 0 Å². The van der Waals surface area contributed by atoms with E-state index in [0.29, 0.717) is 5.82 Å². The van der Waals surface area contributed by atoms with Crippen LogP contribution >= 0.6 is 11.8 Å². The summed E-state index contributed by atoms with van der Waals surface area (Å²) in [4.78, 5) is 17.1. The minimum absolute atomic E-state index is 0.123. The molecule has 0 amide bonds. The number of benzene rings is 6. The fourth-order valence-corrected chi connectivity index (χ4v) is 9.18. The van der Waals surface area contributed by atoms with E-state index in [0.717, 1.165) is 39.2 Å². The van der Waals surface area contributed by atoms with Gasteiger partial charge in [0, 0.05) is 44.3 Å². The third-order valence-corrected chi connectivity index (χ3v) is 12.0. The molecule has 2 aliphatic rings. The maximum Gasteiger partial charge on any atom is 0.161 e. The standard InChI is InChI=1S/C50H35N3S/c1-50(2)43-20-10-8-18-38(43)41-28-42-40-27-35(46-30-45(34-14-4-3-5-15-34)52-49(53-46)36-16-12-26-51-31-36)25-24-33(40)23-22-32-13-6-7-17-37(32)39-19-9-11-21-47(39)54-48(42)29-44(41)50/h3-31H,1-2H3/b23-22-. The average molecular weight is 710 g/mol. The second-order valence-corrected chi connectivity index (χ2v) is 15.5. The fraction of sp³-hybridized carbons (Fsp3) is 0.0600. The van der Waals surface area contributed by atoms with Gasteiger partial charge in [-0.1, -0.05) is 147 Å². The Morgan fingerprint density at radius 1 is 0.444 bits per heavy atom. The molecule has 0 spiro atoms. The minimum atomic E-state index is -0.123. The lowest BCUT2D eigenvalue weighted by molar-refractivity contribution is 0.659. The molecule has 6 aromatic carbocycles. The van der Waals surface area contributed by atoms with Crippen molar-refractivity contribution >= 4 is 23.9 Å². The van der Waals surface area contributed by atoms with Gasteiger partial charge >= 0.3 is 0 Å². The molecule has 3 heterocycles. The van der Waals surface area contributed by atoms with E-state index >= 15 is 0 Å². The summed E-state index contributed by atoms with van der Waals surface area (Å²) in [5.74, 6) is 0.650. The van der Waals surface area contributed by atoms with E-state index in [1.807, 2.05) is 36.2 Å². The highest BCUT2D eigenvalue weighted by Crippen LogP contribution is 2.53. The normalized spacial score (nSPS) is 14.0. The van der Waals surface area contributed by atoms with Crippen molar-refractivity contribution in [1.29, 1.82) is 0 Å². The molecular formula is C50H35N3S. The summed E-state index contributed by atoms with van der Waals surface area (Å²) in [5, 5.41) is 0. The summed E-state index contributed by atoms with van der Waals surface area (Å²) in [6, 6.07) is 54.5. The summed E-state index contributed by atoms with van der Waals surface area (Å²) in [7, 11) is 0. The third-order valence-electron chi connectivity index (χ3n) is 10.8. The Hall–Kier alpha value is -6.36. The van der Waals surface area contributed by atoms with Crippen LogP contribution in [-0.2, 0) is 5.41 Å². The molecule has 0 N–H and O–H groups in total. The van der Waals surface area contributed by atoms with E-state index in [2.05, 4.69) is 164 Å². The molecule has 1 aliphatic heterocycles. The number of nitrogens with zero attached hydrogens (tertiary/aromatic N) is 3. The lowest BCUT2D eigenvalue weighted by Gasteiger charge is -2.23. The molecule has 0 bridgehead atoms. The zero-order valence-corrected chi connectivity index (χ0v) is 30.8. The van der Waals surface area contributed by atoms with E-state index in [1.54, 1.807) is 6.20 Å². The molecule has 0 atom stereocenters. The highest BCUT2D eigenvalue weighted by molar-refractivity contribution is 7.99. The Morgan fingerprint density at radius 3 is 1.94 bits per heavy atom. The second-order valence-electron chi connectivity index (χ2n) is 14.5. The first-order valence-corrected chi connectivity index (χ1v) is 19.2. The lowest BCUT2D eigenvalue weighted by atomic mass is 9.82. The highest BCUT2D eigenvalue weighted by Gasteiger charge is 2.36. The monoisotopic (exact) mass is 709 g/mol. The Kier molecular flexibility index (Phi) is 7.74. The number of fused-ring (bicyclic) bond motifs is 9. The molecule has 256 valence electrons. The number of aromatic nitrogens is 3. The van der Waals surface area contributed by atoms with Crippen LogP contribution in [0.15, 0.2) is 174 Å². The largest absolute Gasteiger partial charge is 0.264 e.